The van der Waals surface area contributed by atoms with E-state index in [-0.39, 0.29) is 42.7 Å². The van der Waals surface area contributed by atoms with Crippen LogP contribution in [-0.4, -0.2) is 20.1 Å². The Morgan fingerprint density at radius 3 is 1.75 bits per heavy atom. The SMILES string of the molecule is CC(C)(C)c1cccc(-c2cccc3c2[N+](c2cc(C(C)(C)C)cc(C(C)(C)C)c2)=C=[N+]3c2[c-]c(Oc3[c-]c4c(cc3)c3c(-n5c6ccccc6c6ccccc65)cccc3n4-c3cc(C(C)(C)C)ccn3)ccc2)c1.[Pt+2]. The third-order valence-electron chi connectivity index (χ3n) is 15.2. The van der Waals surface area contributed by atoms with Gasteiger partial charge in [0.15, 0.2) is 0 Å². The van der Waals surface area contributed by atoms with Crippen molar-refractivity contribution in [2.45, 2.75) is 105 Å². The third kappa shape index (κ3) is 9.16. The van der Waals surface area contributed by atoms with Crippen LogP contribution in [0.4, 0.5) is 22.7 Å². The van der Waals surface area contributed by atoms with E-state index in [2.05, 4.69) is 271 Å². The molecule has 0 unspecified atom stereocenters. The number of nitrogens with zero attached hydrogens (tertiary/aromatic N) is 5. The zero-order chi connectivity index (χ0) is 53.1. The van der Waals surface area contributed by atoms with Gasteiger partial charge in [0.05, 0.1) is 16.6 Å². The number of hydrogen-bond donors (Lipinski definition) is 0. The van der Waals surface area contributed by atoms with E-state index in [0.717, 1.165) is 78.2 Å². The second-order valence-corrected chi connectivity index (χ2v) is 24.7. The molecule has 384 valence electrons. The summed E-state index contributed by atoms with van der Waals surface area (Å²) in [6, 6.07) is 72.6. The molecule has 0 saturated heterocycles. The minimum atomic E-state index is -0.0874. The van der Waals surface area contributed by atoms with Crippen LogP contribution in [0, 0.1) is 12.1 Å². The summed E-state index contributed by atoms with van der Waals surface area (Å²) in [5.41, 5.74) is 16.3. The Balaban J connectivity index is 0.00000631. The second-order valence-electron chi connectivity index (χ2n) is 24.7. The molecule has 0 radical (unpaired) electrons. The van der Waals surface area contributed by atoms with E-state index in [4.69, 9.17) is 9.72 Å². The number of aromatic nitrogens is 3. The first kappa shape index (κ1) is 51.5. The molecule has 4 heterocycles. The van der Waals surface area contributed by atoms with Crippen molar-refractivity contribution in [3.8, 4) is 34.1 Å². The summed E-state index contributed by atoms with van der Waals surface area (Å²) in [7, 11) is 0. The Morgan fingerprint density at radius 2 is 1.08 bits per heavy atom. The molecule has 6 nitrogen and oxygen atoms in total. The maximum atomic E-state index is 6.90. The van der Waals surface area contributed by atoms with Gasteiger partial charge >= 0.3 is 32.8 Å². The monoisotopic (exact) mass is 1190 g/mol. The molecule has 0 amide bonds. The summed E-state index contributed by atoms with van der Waals surface area (Å²) in [6.07, 6.45) is 1.92. The number of para-hydroxylation sites is 3. The minimum absolute atomic E-state index is 0. The predicted molar refractivity (Wildman–Crippen MR) is 318 cm³/mol. The van der Waals surface area contributed by atoms with Gasteiger partial charge in [-0.25, -0.2) is 4.98 Å². The summed E-state index contributed by atoms with van der Waals surface area (Å²) < 4.78 is 15.9. The van der Waals surface area contributed by atoms with Gasteiger partial charge in [-0.15, -0.1) is 18.2 Å². The molecule has 3 aromatic heterocycles. The minimum Gasteiger partial charge on any atom is -0.509 e. The largest absolute Gasteiger partial charge is 2.00 e. The molecule has 0 bridgehead atoms. The number of fused-ring (bicyclic) bond motifs is 7. The summed E-state index contributed by atoms with van der Waals surface area (Å²) in [5, 5.41) is 4.59. The van der Waals surface area contributed by atoms with Gasteiger partial charge in [-0.1, -0.05) is 190 Å². The number of pyridine rings is 1. The van der Waals surface area contributed by atoms with Crippen molar-refractivity contribution in [3.63, 3.8) is 0 Å². The smallest absolute Gasteiger partial charge is 0.509 e. The third-order valence-corrected chi connectivity index (χ3v) is 15.2. The van der Waals surface area contributed by atoms with Crippen LogP contribution >= 0.6 is 0 Å². The van der Waals surface area contributed by atoms with Gasteiger partial charge < -0.3 is 13.9 Å². The molecule has 0 N–H and O–H groups in total. The van der Waals surface area contributed by atoms with E-state index < -0.39 is 0 Å². The van der Waals surface area contributed by atoms with E-state index in [0.29, 0.717) is 11.5 Å². The van der Waals surface area contributed by atoms with Crippen LogP contribution in [-0.2, 0) is 42.7 Å². The van der Waals surface area contributed by atoms with Crippen LogP contribution in [0.25, 0.3) is 66.2 Å². The van der Waals surface area contributed by atoms with Crippen LogP contribution in [0.2, 0.25) is 0 Å². The van der Waals surface area contributed by atoms with Gasteiger partial charge in [-0.2, -0.15) is 12.1 Å². The molecule has 0 spiro atoms. The van der Waals surface area contributed by atoms with Crippen molar-refractivity contribution in [1.82, 2.24) is 23.3 Å². The molecule has 0 fully saturated rings. The van der Waals surface area contributed by atoms with E-state index in [1.54, 1.807) is 0 Å². The molecule has 1 aliphatic heterocycles. The first-order valence-electron chi connectivity index (χ1n) is 26.6. The molecule has 0 saturated carbocycles. The van der Waals surface area contributed by atoms with E-state index in [9.17, 15) is 0 Å². The normalized spacial score (nSPS) is 13.0. The van der Waals surface area contributed by atoms with Crippen molar-refractivity contribution in [2.75, 3.05) is 0 Å². The van der Waals surface area contributed by atoms with Crippen molar-refractivity contribution in [3.05, 3.63) is 210 Å². The molecule has 12 rings (SSSR count). The van der Waals surface area contributed by atoms with Gasteiger partial charge in [0.1, 0.15) is 11.5 Å². The average molecular weight is 1190 g/mol. The zero-order valence-electron chi connectivity index (χ0n) is 46.2. The fourth-order valence-corrected chi connectivity index (χ4v) is 10.9. The Hall–Kier alpha value is -7.62. The Kier molecular flexibility index (Phi) is 12.6. The molecule has 0 aliphatic carbocycles. The van der Waals surface area contributed by atoms with E-state index in [1.165, 1.54) is 33.0 Å². The fraction of sp³-hybridized carbons (Fsp3) is 0.229. The molecule has 0 atom stereocenters. The quantitative estimate of drug-likeness (QED) is 0.118. The predicted octanol–water partition coefficient (Wildman–Crippen LogP) is 18.4. The van der Waals surface area contributed by atoms with Gasteiger partial charge in [0.2, 0.25) is 5.69 Å². The van der Waals surface area contributed by atoms with Gasteiger partial charge in [-0.05, 0) is 102 Å². The van der Waals surface area contributed by atoms with Crippen LogP contribution in [0.1, 0.15) is 105 Å². The molecular formula is C70H65N5OPt+2. The van der Waals surface area contributed by atoms with Crippen LogP contribution < -0.4 is 13.9 Å². The summed E-state index contributed by atoms with van der Waals surface area (Å²) in [5.74, 6) is 1.96. The van der Waals surface area contributed by atoms with Crippen molar-refractivity contribution >= 4 is 72.4 Å². The van der Waals surface area contributed by atoms with Crippen molar-refractivity contribution in [1.29, 1.82) is 0 Å². The Labute approximate surface area is 467 Å². The Morgan fingerprint density at radius 1 is 0.481 bits per heavy atom. The van der Waals surface area contributed by atoms with Crippen molar-refractivity contribution < 1.29 is 25.8 Å². The number of benzene rings is 8. The molecule has 7 heteroatoms. The molecule has 1 aliphatic rings. The summed E-state index contributed by atoms with van der Waals surface area (Å²) >= 11 is 0. The Bertz CT molecular complexity index is 4140. The van der Waals surface area contributed by atoms with Crippen LogP contribution in [0.15, 0.2) is 176 Å². The fourth-order valence-electron chi connectivity index (χ4n) is 10.9. The number of rotatable bonds is 7. The zero-order valence-corrected chi connectivity index (χ0v) is 48.5. The first-order chi connectivity index (χ1) is 36.2. The maximum Gasteiger partial charge on any atom is 2.00 e. The number of ether oxygens (including phenoxy) is 1. The molecule has 77 heavy (non-hydrogen) atoms. The van der Waals surface area contributed by atoms with E-state index in [1.807, 2.05) is 24.4 Å². The van der Waals surface area contributed by atoms with Crippen LogP contribution in [0.3, 0.4) is 0 Å². The van der Waals surface area contributed by atoms with Gasteiger partial charge in [-0.3, -0.25) is 0 Å². The van der Waals surface area contributed by atoms with Crippen LogP contribution in [0.5, 0.6) is 11.5 Å². The topological polar surface area (TPSA) is 38.0 Å². The standard InChI is InChI=1S/C70H65N5O.Pt/c1-67(2,3)46-22-17-21-45(37-46)54-27-19-32-62-66(54)73(51-39-48(69(7,8)9)38-49(40-51)70(10,11)12)44-72(62)50-23-18-24-52(42-50)76-53-33-34-57-63(43-53)75(64-41-47(35-36-71-64)68(4,5)6)61-31-20-30-60(65(57)61)74-58-28-15-13-25-55(58)56-26-14-16-29-59(56)74;/h13-41H,1-12H3;/q;+2. The van der Waals surface area contributed by atoms with Gasteiger partial charge in [0.25, 0.3) is 5.69 Å². The van der Waals surface area contributed by atoms with Gasteiger partial charge in [0, 0.05) is 57.9 Å². The molecule has 11 aromatic rings. The number of hydrogen-bond acceptors (Lipinski definition) is 2. The molecule has 8 aromatic carbocycles. The molecular weight excluding hydrogens is 1120 g/mol. The summed E-state index contributed by atoms with van der Waals surface area (Å²) in [6.45, 7) is 27.3. The maximum absolute atomic E-state index is 6.90. The average Bonchev–Trinajstić information content (AvgIpc) is 4.11. The second kappa shape index (κ2) is 18.8. The van der Waals surface area contributed by atoms with Crippen molar-refractivity contribution in [2.24, 2.45) is 0 Å². The first-order valence-corrected chi connectivity index (χ1v) is 26.6. The summed E-state index contributed by atoms with van der Waals surface area (Å²) in [4.78, 5) is 5.05. The van der Waals surface area contributed by atoms with E-state index >= 15 is 0 Å².